The Hall–Kier alpha value is -2.08. The Bertz CT molecular complexity index is 587. The maximum Gasteiger partial charge on any atom is 0.257 e. The van der Waals surface area contributed by atoms with Gasteiger partial charge in [-0.2, -0.15) is 5.10 Å². The number of aromatic nitrogens is 3. The molecular formula is C14H17ClN4O2. The Kier molecular flexibility index (Phi) is 5.57. The molecule has 0 atom stereocenters. The van der Waals surface area contributed by atoms with Crippen LogP contribution in [0, 0.1) is 6.92 Å². The molecular weight excluding hydrogens is 292 g/mol. The van der Waals surface area contributed by atoms with Crippen molar-refractivity contribution in [3.8, 4) is 5.75 Å². The first-order valence-corrected chi connectivity index (χ1v) is 7.03. The van der Waals surface area contributed by atoms with Crippen molar-refractivity contribution >= 4 is 17.5 Å². The highest BCUT2D eigenvalue weighted by atomic mass is 35.5. The average molecular weight is 309 g/mol. The van der Waals surface area contributed by atoms with E-state index in [1.807, 2.05) is 6.92 Å². The summed E-state index contributed by atoms with van der Waals surface area (Å²) in [5.41, 5.74) is 0.903. The van der Waals surface area contributed by atoms with Gasteiger partial charge in [-0.1, -0.05) is 11.6 Å². The summed E-state index contributed by atoms with van der Waals surface area (Å²) in [4.78, 5) is 15.7. The molecule has 0 saturated carbocycles. The van der Waals surface area contributed by atoms with Crippen molar-refractivity contribution in [3.63, 3.8) is 0 Å². The molecule has 2 rings (SSSR count). The van der Waals surface area contributed by atoms with Crippen LogP contribution in [0.2, 0.25) is 5.02 Å². The predicted octanol–water partition coefficient (Wildman–Crippen LogP) is 1.89. The van der Waals surface area contributed by atoms with Gasteiger partial charge in [0.1, 0.15) is 17.9 Å². The molecule has 0 spiro atoms. The van der Waals surface area contributed by atoms with Crippen LogP contribution in [0.3, 0.4) is 0 Å². The summed E-state index contributed by atoms with van der Waals surface area (Å²) in [6, 6.07) is 5.29. The van der Waals surface area contributed by atoms with Gasteiger partial charge in [-0.15, -0.1) is 0 Å². The Labute approximate surface area is 127 Å². The van der Waals surface area contributed by atoms with E-state index < -0.39 is 0 Å². The second-order valence-electron chi connectivity index (χ2n) is 4.58. The molecule has 6 nitrogen and oxygen atoms in total. The van der Waals surface area contributed by atoms with E-state index in [4.69, 9.17) is 16.3 Å². The standard InChI is InChI=1S/C14H17ClN4O2/c1-10-7-11(15)4-5-12(10)21-8-14(20)16-6-2-3-13-17-9-18-19-13/h4-5,7,9H,2-3,6,8H2,1H3,(H,16,20)(H,17,18,19). The number of nitrogens with zero attached hydrogens (tertiary/aromatic N) is 2. The van der Waals surface area contributed by atoms with Crippen molar-refractivity contribution in [3.05, 3.63) is 40.9 Å². The number of H-pyrrole nitrogens is 1. The predicted molar refractivity (Wildman–Crippen MR) is 79.4 cm³/mol. The van der Waals surface area contributed by atoms with Crippen LogP contribution < -0.4 is 10.1 Å². The van der Waals surface area contributed by atoms with Gasteiger partial charge in [0.25, 0.3) is 5.91 Å². The molecule has 0 aliphatic rings. The lowest BCUT2D eigenvalue weighted by Crippen LogP contribution is -2.30. The number of benzene rings is 1. The van der Waals surface area contributed by atoms with Gasteiger partial charge in [-0.3, -0.25) is 9.89 Å². The minimum Gasteiger partial charge on any atom is -0.484 e. The Morgan fingerprint density at radius 2 is 2.33 bits per heavy atom. The summed E-state index contributed by atoms with van der Waals surface area (Å²) in [6.07, 6.45) is 3.01. The lowest BCUT2D eigenvalue weighted by atomic mass is 10.2. The van der Waals surface area contributed by atoms with Crippen molar-refractivity contribution in [2.24, 2.45) is 0 Å². The van der Waals surface area contributed by atoms with E-state index in [0.717, 1.165) is 24.2 Å². The summed E-state index contributed by atoms with van der Waals surface area (Å²) in [6.45, 7) is 2.45. The van der Waals surface area contributed by atoms with Crippen LogP contribution in [0.1, 0.15) is 17.8 Å². The van der Waals surface area contributed by atoms with Gasteiger partial charge < -0.3 is 10.1 Å². The summed E-state index contributed by atoms with van der Waals surface area (Å²) < 4.78 is 5.46. The fourth-order valence-corrected chi connectivity index (χ4v) is 2.03. The minimum absolute atomic E-state index is 0.00915. The number of aryl methyl sites for hydroxylation is 2. The second-order valence-corrected chi connectivity index (χ2v) is 5.02. The quantitative estimate of drug-likeness (QED) is 0.766. The molecule has 0 unspecified atom stereocenters. The molecule has 2 N–H and O–H groups in total. The molecule has 21 heavy (non-hydrogen) atoms. The third-order valence-electron chi connectivity index (χ3n) is 2.87. The van der Waals surface area contributed by atoms with E-state index in [-0.39, 0.29) is 12.5 Å². The number of nitrogens with one attached hydrogen (secondary N) is 2. The number of carbonyl (C=O) groups excluding carboxylic acids is 1. The number of amides is 1. The molecule has 0 aliphatic carbocycles. The zero-order valence-corrected chi connectivity index (χ0v) is 12.5. The van der Waals surface area contributed by atoms with Crippen molar-refractivity contribution in [2.45, 2.75) is 19.8 Å². The van der Waals surface area contributed by atoms with E-state index in [1.165, 1.54) is 6.33 Å². The normalized spacial score (nSPS) is 10.4. The van der Waals surface area contributed by atoms with E-state index in [1.54, 1.807) is 18.2 Å². The number of hydrogen-bond donors (Lipinski definition) is 2. The van der Waals surface area contributed by atoms with Crippen LogP contribution in [-0.2, 0) is 11.2 Å². The highest BCUT2D eigenvalue weighted by Crippen LogP contribution is 2.21. The third-order valence-corrected chi connectivity index (χ3v) is 3.11. The number of halogens is 1. The molecule has 0 saturated heterocycles. The zero-order chi connectivity index (χ0) is 15.1. The molecule has 112 valence electrons. The lowest BCUT2D eigenvalue weighted by molar-refractivity contribution is -0.123. The van der Waals surface area contributed by atoms with E-state index in [2.05, 4.69) is 20.5 Å². The van der Waals surface area contributed by atoms with E-state index >= 15 is 0 Å². The van der Waals surface area contributed by atoms with Gasteiger partial charge in [0.2, 0.25) is 0 Å². The Morgan fingerprint density at radius 3 is 3.05 bits per heavy atom. The van der Waals surface area contributed by atoms with Gasteiger partial charge in [-0.25, -0.2) is 4.98 Å². The molecule has 1 amide bonds. The molecule has 1 aromatic carbocycles. The first kappa shape index (κ1) is 15.3. The summed E-state index contributed by atoms with van der Waals surface area (Å²) in [5, 5.41) is 9.98. The zero-order valence-electron chi connectivity index (χ0n) is 11.7. The molecule has 0 fully saturated rings. The lowest BCUT2D eigenvalue weighted by Gasteiger charge is -2.09. The van der Waals surface area contributed by atoms with Crippen LogP contribution in [0.4, 0.5) is 0 Å². The highest BCUT2D eigenvalue weighted by molar-refractivity contribution is 6.30. The number of rotatable bonds is 7. The first-order valence-electron chi connectivity index (χ1n) is 6.65. The van der Waals surface area contributed by atoms with Crippen LogP contribution >= 0.6 is 11.6 Å². The fraction of sp³-hybridized carbons (Fsp3) is 0.357. The minimum atomic E-state index is -0.151. The highest BCUT2D eigenvalue weighted by Gasteiger charge is 2.05. The molecule has 1 heterocycles. The van der Waals surface area contributed by atoms with Crippen molar-refractivity contribution in [2.75, 3.05) is 13.2 Å². The number of aromatic amines is 1. The summed E-state index contributed by atoms with van der Waals surface area (Å²) in [5.74, 6) is 1.33. The molecule has 0 aliphatic heterocycles. The monoisotopic (exact) mass is 308 g/mol. The van der Waals surface area contributed by atoms with Crippen LogP contribution in [0.25, 0.3) is 0 Å². The van der Waals surface area contributed by atoms with Crippen LogP contribution in [0.5, 0.6) is 5.75 Å². The van der Waals surface area contributed by atoms with Gasteiger partial charge in [0.05, 0.1) is 0 Å². The van der Waals surface area contributed by atoms with Crippen molar-refractivity contribution < 1.29 is 9.53 Å². The van der Waals surface area contributed by atoms with Crippen molar-refractivity contribution in [1.29, 1.82) is 0 Å². The largest absolute Gasteiger partial charge is 0.484 e. The molecule has 0 radical (unpaired) electrons. The number of hydrogen-bond acceptors (Lipinski definition) is 4. The fourth-order valence-electron chi connectivity index (χ4n) is 1.80. The third kappa shape index (κ3) is 5.07. The summed E-state index contributed by atoms with van der Waals surface area (Å²) in [7, 11) is 0. The Morgan fingerprint density at radius 1 is 1.48 bits per heavy atom. The van der Waals surface area contributed by atoms with Crippen LogP contribution in [0.15, 0.2) is 24.5 Å². The number of ether oxygens (including phenoxy) is 1. The van der Waals surface area contributed by atoms with Crippen molar-refractivity contribution in [1.82, 2.24) is 20.5 Å². The first-order chi connectivity index (χ1) is 10.1. The average Bonchev–Trinajstić information content (AvgIpc) is 2.96. The second kappa shape index (κ2) is 7.64. The van der Waals surface area contributed by atoms with Gasteiger partial charge >= 0.3 is 0 Å². The molecule has 0 bridgehead atoms. The maximum absolute atomic E-state index is 11.7. The molecule has 1 aromatic heterocycles. The molecule has 7 heteroatoms. The van der Waals surface area contributed by atoms with E-state index in [0.29, 0.717) is 17.3 Å². The molecule has 2 aromatic rings. The van der Waals surface area contributed by atoms with Crippen LogP contribution in [-0.4, -0.2) is 34.2 Å². The van der Waals surface area contributed by atoms with Gasteiger partial charge in [-0.05, 0) is 37.1 Å². The summed E-state index contributed by atoms with van der Waals surface area (Å²) >= 11 is 5.86. The maximum atomic E-state index is 11.7. The van der Waals surface area contributed by atoms with Gasteiger partial charge in [0.15, 0.2) is 6.61 Å². The number of carbonyl (C=O) groups is 1. The SMILES string of the molecule is Cc1cc(Cl)ccc1OCC(=O)NCCCc1ncn[nH]1. The smallest absolute Gasteiger partial charge is 0.257 e. The van der Waals surface area contributed by atoms with Gasteiger partial charge in [0, 0.05) is 18.0 Å². The topological polar surface area (TPSA) is 79.9 Å². The Balaban J connectivity index is 1.65. The van der Waals surface area contributed by atoms with E-state index in [9.17, 15) is 4.79 Å².